The predicted octanol–water partition coefficient (Wildman–Crippen LogP) is 4.77. The molecule has 1 aliphatic heterocycles. The van der Waals surface area contributed by atoms with E-state index in [1.807, 2.05) is 24.3 Å². The molecule has 1 fully saturated rings. The molecule has 1 unspecified atom stereocenters. The normalized spacial score (nSPS) is 17.3. The lowest BCUT2D eigenvalue weighted by Crippen LogP contribution is -2.29. The summed E-state index contributed by atoms with van der Waals surface area (Å²) in [6.07, 6.45) is 0.110. The van der Waals surface area contributed by atoms with Crippen molar-refractivity contribution in [2.75, 3.05) is 16.8 Å². The molecule has 1 aliphatic rings. The zero-order valence-corrected chi connectivity index (χ0v) is 16.3. The Kier molecular flexibility index (Phi) is 5.24. The molecular formula is C21H22ClFN2O2. The highest BCUT2D eigenvalue weighted by molar-refractivity contribution is 6.31. The number of hydrogen-bond acceptors (Lipinski definition) is 2. The number of rotatable bonds is 3. The first kappa shape index (κ1) is 19.4. The van der Waals surface area contributed by atoms with Gasteiger partial charge in [-0.2, -0.15) is 0 Å². The monoisotopic (exact) mass is 388 g/mol. The van der Waals surface area contributed by atoms with E-state index < -0.39 is 11.7 Å². The number of halogens is 2. The number of benzene rings is 2. The molecule has 3 rings (SSSR count). The van der Waals surface area contributed by atoms with Gasteiger partial charge in [-0.05, 0) is 35.2 Å². The van der Waals surface area contributed by atoms with E-state index in [0.717, 1.165) is 11.3 Å². The van der Waals surface area contributed by atoms with Gasteiger partial charge in [-0.1, -0.05) is 50.6 Å². The van der Waals surface area contributed by atoms with Crippen LogP contribution in [0.4, 0.5) is 15.8 Å². The number of nitrogens with zero attached hydrogens (tertiary/aromatic N) is 1. The average molecular weight is 389 g/mol. The molecule has 6 heteroatoms. The second-order valence-electron chi connectivity index (χ2n) is 7.79. The maximum Gasteiger partial charge on any atom is 0.229 e. The summed E-state index contributed by atoms with van der Waals surface area (Å²) in [7, 11) is 0. The molecule has 0 aliphatic carbocycles. The predicted molar refractivity (Wildman–Crippen MR) is 106 cm³/mol. The molecule has 1 N–H and O–H groups in total. The summed E-state index contributed by atoms with van der Waals surface area (Å²) in [5, 5.41) is 2.92. The first-order valence-electron chi connectivity index (χ1n) is 8.82. The highest BCUT2D eigenvalue weighted by Crippen LogP contribution is 2.32. The zero-order chi connectivity index (χ0) is 19.8. The molecule has 4 nitrogen and oxygen atoms in total. The summed E-state index contributed by atoms with van der Waals surface area (Å²) in [6.45, 7) is 6.48. The molecule has 0 aromatic heterocycles. The average Bonchev–Trinajstić information content (AvgIpc) is 2.99. The molecule has 0 bridgehead atoms. The lowest BCUT2D eigenvalue weighted by molar-refractivity contribution is -0.122. The quantitative estimate of drug-likeness (QED) is 0.823. The summed E-state index contributed by atoms with van der Waals surface area (Å²) >= 11 is 5.81. The fourth-order valence-electron chi connectivity index (χ4n) is 3.27. The first-order chi connectivity index (χ1) is 12.7. The maximum atomic E-state index is 13.4. The Morgan fingerprint density at radius 3 is 2.59 bits per heavy atom. The molecule has 0 saturated carbocycles. The van der Waals surface area contributed by atoms with Crippen LogP contribution >= 0.6 is 11.6 Å². The SMILES string of the molecule is CC(C)(C)c1ccccc1NC(=O)C1CC(=O)N(c2ccc(F)c(Cl)c2)C1. The number of amides is 2. The van der Waals surface area contributed by atoms with Gasteiger partial charge in [0.2, 0.25) is 11.8 Å². The third-order valence-electron chi connectivity index (χ3n) is 4.70. The smallest absolute Gasteiger partial charge is 0.229 e. The molecule has 2 aromatic rings. The van der Waals surface area contributed by atoms with Crippen molar-refractivity contribution in [3.05, 3.63) is 58.9 Å². The molecule has 142 valence electrons. The van der Waals surface area contributed by atoms with E-state index in [9.17, 15) is 14.0 Å². The molecule has 2 aromatic carbocycles. The summed E-state index contributed by atoms with van der Waals surface area (Å²) < 4.78 is 13.4. The second-order valence-corrected chi connectivity index (χ2v) is 8.20. The third kappa shape index (κ3) is 4.14. The summed E-state index contributed by atoms with van der Waals surface area (Å²) in [6, 6.07) is 11.8. The number of hydrogen-bond donors (Lipinski definition) is 1. The van der Waals surface area contributed by atoms with E-state index >= 15 is 0 Å². The van der Waals surface area contributed by atoms with Crippen molar-refractivity contribution in [3.63, 3.8) is 0 Å². The van der Waals surface area contributed by atoms with E-state index in [1.54, 1.807) is 0 Å². The summed E-state index contributed by atoms with van der Waals surface area (Å²) in [4.78, 5) is 26.6. The van der Waals surface area contributed by atoms with Crippen LogP contribution in [0.5, 0.6) is 0 Å². The van der Waals surface area contributed by atoms with Gasteiger partial charge in [-0.15, -0.1) is 0 Å². The summed E-state index contributed by atoms with van der Waals surface area (Å²) in [5.74, 6) is -1.40. The number of anilines is 2. The van der Waals surface area contributed by atoms with E-state index in [0.29, 0.717) is 5.69 Å². The Morgan fingerprint density at radius 2 is 1.93 bits per heavy atom. The van der Waals surface area contributed by atoms with Gasteiger partial charge in [-0.3, -0.25) is 9.59 Å². The van der Waals surface area contributed by atoms with Crippen molar-refractivity contribution >= 4 is 34.8 Å². The molecule has 1 heterocycles. The third-order valence-corrected chi connectivity index (χ3v) is 4.99. The van der Waals surface area contributed by atoms with Gasteiger partial charge < -0.3 is 10.2 Å². The Balaban J connectivity index is 1.76. The minimum Gasteiger partial charge on any atom is -0.326 e. The first-order valence-corrected chi connectivity index (χ1v) is 9.20. The van der Waals surface area contributed by atoms with Crippen LogP contribution in [0.25, 0.3) is 0 Å². The van der Waals surface area contributed by atoms with Gasteiger partial charge in [0.15, 0.2) is 0 Å². The number of carbonyl (C=O) groups excluding carboxylic acids is 2. The lowest BCUT2D eigenvalue weighted by Gasteiger charge is -2.23. The van der Waals surface area contributed by atoms with Crippen LogP contribution in [0.1, 0.15) is 32.8 Å². The molecule has 27 heavy (non-hydrogen) atoms. The standard InChI is InChI=1S/C21H22ClFN2O2/c1-21(2,3)15-6-4-5-7-18(15)24-20(27)13-10-19(26)25(12-13)14-8-9-17(23)16(22)11-14/h4-9,11,13H,10,12H2,1-3H3,(H,24,27). The molecule has 2 amide bonds. The van der Waals surface area contributed by atoms with Crippen molar-refractivity contribution in [1.82, 2.24) is 0 Å². The van der Waals surface area contributed by atoms with E-state index in [2.05, 4.69) is 26.1 Å². The Bertz CT molecular complexity index is 892. The van der Waals surface area contributed by atoms with Gasteiger partial charge in [0.1, 0.15) is 5.82 Å². The molecule has 1 atom stereocenters. The van der Waals surface area contributed by atoms with Crippen LogP contribution in [0.3, 0.4) is 0 Å². The van der Waals surface area contributed by atoms with Crippen LogP contribution in [0.15, 0.2) is 42.5 Å². The van der Waals surface area contributed by atoms with Crippen molar-refractivity contribution in [3.8, 4) is 0 Å². The number of para-hydroxylation sites is 1. The van der Waals surface area contributed by atoms with E-state index in [4.69, 9.17) is 11.6 Å². The fraction of sp³-hybridized carbons (Fsp3) is 0.333. The molecule has 0 spiro atoms. The van der Waals surface area contributed by atoms with Crippen molar-refractivity contribution in [2.24, 2.45) is 5.92 Å². The van der Waals surface area contributed by atoms with Gasteiger partial charge in [0, 0.05) is 24.3 Å². The van der Waals surface area contributed by atoms with E-state index in [-0.39, 0.29) is 35.2 Å². The Hall–Kier alpha value is -2.40. The fourth-order valence-corrected chi connectivity index (χ4v) is 3.44. The van der Waals surface area contributed by atoms with Crippen molar-refractivity contribution in [2.45, 2.75) is 32.6 Å². The van der Waals surface area contributed by atoms with Gasteiger partial charge >= 0.3 is 0 Å². The van der Waals surface area contributed by atoms with Crippen LogP contribution in [-0.2, 0) is 15.0 Å². The lowest BCUT2D eigenvalue weighted by atomic mass is 9.85. The topological polar surface area (TPSA) is 49.4 Å². The zero-order valence-electron chi connectivity index (χ0n) is 15.6. The Labute approximate surface area is 163 Å². The second kappa shape index (κ2) is 7.31. The van der Waals surface area contributed by atoms with Gasteiger partial charge in [0.05, 0.1) is 10.9 Å². The van der Waals surface area contributed by atoms with Crippen molar-refractivity contribution in [1.29, 1.82) is 0 Å². The van der Waals surface area contributed by atoms with Gasteiger partial charge in [-0.25, -0.2) is 4.39 Å². The van der Waals surface area contributed by atoms with Crippen LogP contribution in [-0.4, -0.2) is 18.4 Å². The summed E-state index contributed by atoms with van der Waals surface area (Å²) in [5.41, 5.74) is 2.17. The number of carbonyl (C=O) groups is 2. The Morgan fingerprint density at radius 1 is 1.22 bits per heavy atom. The minimum atomic E-state index is -0.542. The van der Waals surface area contributed by atoms with Crippen LogP contribution < -0.4 is 10.2 Å². The van der Waals surface area contributed by atoms with Crippen LogP contribution in [0, 0.1) is 11.7 Å². The largest absolute Gasteiger partial charge is 0.326 e. The van der Waals surface area contributed by atoms with Gasteiger partial charge in [0.25, 0.3) is 0 Å². The minimum absolute atomic E-state index is 0.0488. The molecule has 0 radical (unpaired) electrons. The molecular weight excluding hydrogens is 367 g/mol. The van der Waals surface area contributed by atoms with E-state index in [1.165, 1.54) is 23.1 Å². The van der Waals surface area contributed by atoms with Crippen LogP contribution in [0.2, 0.25) is 5.02 Å². The highest BCUT2D eigenvalue weighted by Gasteiger charge is 2.35. The maximum absolute atomic E-state index is 13.4. The van der Waals surface area contributed by atoms with Crippen molar-refractivity contribution < 1.29 is 14.0 Å². The molecule has 1 saturated heterocycles. The number of nitrogens with one attached hydrogen (secondary N) is 1. The highest BCUT2D eigenvalue weighted by atomic mass is 35.5.